The van der Waals surface area contributed by atoms with E-state index in [-0.39, 0.29) is 29.7 Å². The van der Waals surface area contributed by atoms with Crippen LogP contribution in [0.15, 0.2) is 67.0 Å². The summed E-state index contributed by atoms with van der Waals surface area (Å²) < 4.78 is 47.8. The van der Waals surface area contributed by atoms with E-state index in [4.69, 9.17) is 14.2 Å². The second-order valence-corrected chi connectivity index (χ2v) is 13.1. The number of aromatic hydroxyl groups is 1. The second-order valence-electron chi connectivity index (χ2n) is 13.1. The van der Waals surface area contributed by atoms with Gasteiger partial charge in [0, 0.05) is 37.0 Å². The number of amides is 1. The van der Waals surface area contributed by atoms with Crippen LogP contribution in [0.5, 0.6) is 17.4 Å². The lowest BCUT2D eigenvalue weighted by molar-refractivity contribution is 0.0500. The third-order valence-corrected chi connectivity index (χ3v) is 8.39. The van der Waals surface area contributed by atoms with E-state index in [1.54, 1.807) is 49.4 Å². The van der Waals surface area contributed by atoms with E-state index in [0.29, 0.717) is 40.5 Å². The Morgan fingerprint density at radius 3 is 2.52 bits per heavy atom. The van der Waals surface area contributed by atoms with Crippen molar-refractivity contribution in [1.29, 1.82) is 0 Å². The van der Waals surface area contributed by atoms with E-state index < -0.39 is 23.3 Å². The largest absolute Gasteiger partial charge is 0.497 e. The Balaban J connectivity index is 1.30. The van der Waals surface area contributed by atoms with E-state index in [9.17, 15) is 18.7 Å². The number of nitrogens with one attached hydrogen (secondary N) is 2. The Kier molecular flexibility index (Phi) is 9.67. The van der Waals surface area contributed by atoms with Gasteiger partial charge in [-0.05, 0) is 76.1 Å². The molecule has 50 heavy (non-hydrogen) atoms. The monoisotopic (exact) mass is 686 g/mol. The first-order valence-corrected chi connectivity index (χ1v) is 16.3. The summed E-state index contributed by atoms with van der Waals surface area (Å²) in [6.45, 7) is 7.08. The first-order valence-electron chi connectivity index (χ1n) is 16.3. The molecule has 0 spiro atoms. The molecule has 0 radical (unpaired) electrons. The number of anilines is 3. The Hall–Kier alpha value is -5.59. The highest BCUT2D eigenvalue weighted by Crippen LogP contribution is 2.39. The number of piperidine rings is 1. The van der Waals surface area contributed by atoms with Gasteiger partial charge in [0.05, 0.1) is 60.5 Å². The number of ether oxygens (including phenoxy) is 3. The number of halogens is 2. The minimum absolute atomic E-state index is 0.0447. The molecule has 0 bridgehead atoms. The van der Waals surface area contributed by atoms with Gasteiger partial charge in [-0.2, -0.15) is 0 Å². The maximum absolute atomic E-state index is 15.0. The van der Waals surface area contributed by atoms with Crippen molar-refractivity contribution in [3.63, 3.8) is 0 Å². The highest BCUT2D eigenvalue weighted by atomic mass is 19.1. The lowest BCUT2D eigenvalue weighted by Crippen LogP contribution is -2.49. The van der Waals surface area contributed by atoms with E-state index in [2.05, 4.69) is 25.5 Å². The first-order chi connectivity index (χ1) is 23.9. The van der Waals surface area contributed by atoms with Crippen molar-refractivity contribution in [2.45, 2.75) is 51.8 Å². The van der Waals surface area contributed by atoms with Gasteiger partial charge in [0.25, 0.3) is 0 Å². The van der Waals surface area contributed by atoms with Crippen LogP contribution in [0.3, 0.4) is 0 Å². The molecule has 1 aliphatic heterocycles. The molecule has 0 aliphatic carbocycles. The van der Waals surface area contributed by atoms with Crippen LogP contribution < -0.4 is 25.0 Å². The normalized spacial score (nSPS) is 14.8. The molecule has 1 unspecified atom stereocenters. The molecule has 13 heteroatoms. The van der Waals surface area contributed by atoms with Crippen LogP contribution in [0.4, 0.5) is 30.8 Å². The highest BCUT2D eigenvalue weighted by molar-refractivity contribution is 5.99. The molecule has 1 fully saturated rings. The molecule has 3 aromatic heterocycles. The Labute approximate surface area is 288 Å². The van der Waals surface area contributed by atoms with Gasteiger partial charge in [-0.15, -0.1) is 0 Å². The fourth-order valence-electron chi connectivity index (χ4n) is 6.09. The van der Waals surface area contributed by atoms with Gasteiger partial charge in [0.15, 0.2) is 0 Å². The summed E-state index contributed by atoms with van der Waals surface area (Å²) in [7, 11) is 3.11. The quantitative estimate of drug-likeness (QED) is 0.146. The van der Waals surface area contributed by atoms with Crippen molar-refractivity contribution in [2.75, 3.05) is 37.5 Å². The van der Waals surface area contributed by atoms with E-state index in [0.717, 1.165) is 30.6 Å². The van der Waals surface area contributed by atoms with Crippen LogP contribution in [0.2, 0.25) is 0 Å². The number of hydrogen-bond donors (Lipinski definition) is 3. The minimum atomic E-state index is -0.766. The van der Waals surface area contributed by atoms with Gasteiger partial charge in [0.2, 0.25) is 5.88 Å². The number of methoxy groups -OCH3 is 2. The summed E-state index contributed by atoms with van der Waals surface area (Å²) in [6.07, 6.45) is 4.61. The maximum atomic E-state index is 15.0. The van der Waals surface area contributed by atoms with Crippen LogP contribution in [0.1, 0.15) is 39.2 Å². The lowest BCUT2D eigenvalue weighted by Gasteiger charge is -2.35. The summed E-state index contributed by atoms with van der Waals surface area (Å²) in [5.74, 6) is -0.0246. The average molecular weight is 687 g/mol. The van der Waals surface area contributed by atoms with E-state index in [1.165, 1.54) is 24.3 Å². The molecule has 6 rings (SSSR count). The fourth-order valence-corrected chi connectivity index (χ4v) is 6.09. The number of pyridine rings is 2. The molecule has 1 amide bonds. The number of benzene rings is 2. The highest BCUT2D eigenvalue weighted by Gasteiger charge is 2.25. The predicted molar refractivity (Wildman–Crippen MR) is 188 cm³/mol. The molecule has 262 valence electrons. The van der Waals surface area contributed by atoms with Gasteiger partial charge >= 0.3 is 6.09 Å². The number of fused-ring (bicyclic) bond motifs is 1. The summed E-state index contributed by atoms with van der Waals surface area (Å²) in [5, 5.41) is 18.1. The van der Waals surface area contributed by atoms with Crippen molar-refractivity contribution < 1.29 is 32.9 Å². The Morgan fingerprint density at radius 2 is 1.84 bits per heavy atom. The smallest absolute Gasteiger partial charge is 0.407 e. The van der Waals surface area contributed by atoms with Crippen LogP contribution >= 0.6 is 0 Å². The summed E-state index contributed by atoms with van der Waals surface area (Å²) in [6, 6.07) is 14.1. The van der Waals surface area contributed by atoms with Gasteiger partial charge in [-0.25, -0.2) is 23.5 Å². The molecule has 11 nitrogen and oxygen atoms in total. The van der Waals surface area contributed by atoms with E-state index in [1.807, 2.05) is 32.9 Å². The van der Waals surface area contributed by atoms with Crippen molar-refractivity contribution >= 4 is 34.2 Å². The van der Waals surface area contributed by atoms with Crippen molar-refractivity contribution in [3.8, 4) is 28.6 Å². The average Bonchev–Trinajstić information content (AvgIpc) is 3.39. The number of nitrogens with zero attached hydrogens (tertiary/aromatic N) is 4. The molecule has 1 aliphatic rings. The van der Waals surface area contributed by atoms with Gasteiger partial charge < -0.3 is 39.4 Å². The van der Waals surface area contributed by atoms with Crippen LogP contribution in [0.25, 0.3) is 22.2 Å². The molecule has 1 atom stereocenters. The predicted octanol–water partition coefficient (Wildman–Crippen LogP) is 7.38. The third-order valence-electron chi connectivity index (χ3n) is 8.39. The molecular formula is C37H40F2N6O5. The Morgan fingerprint density at radius 1 is 1.06 bits per heavy atom. The van der Waals surface area contributed by atoms with Crippen molar-refractivity contribution in [2.24, 2.45) is 0 Å². The first kappa shape index (κ1) is 34.3. The summed E-state index contributed by atoms with van der Waals surface area (Å²) in [5.41, 5.74) is 1.46. The number of carbonyl (C=O) groups excluding carboxylic acids is 1. The molecule has 3 N–H and O–H groups in total. The topological polar surface area (TPSA) is 123 Å². The van der Waals surface area contributed by atoms with Crippen LogP contribution in [0, 0.1) is 11.6 Å². The maximum Gasteiger partial charge on any atom is 0.407 e. The molecular weight excluding hydrogens is 646 g/mol. The van der Waals surface area contributed by atoms with Crippen LogP contribution in [-0.2, 0) is 11.3 Å². The van der Waals surface area contributed by atoms with Gasteiger partial charge in [0.1, 0.15) is 34.6 Å². The molecule has 2 aromatic carbocycles. The van der Waals surface area contributed by atoms with E-state index >= 15 is 0 Å². The van der Waals surface area contributed by atoms with Crippen molar-refractivity contribution in [3.05, 3.63) is 84.2 Å². The van der Waals surface area contributed by atoms with Gasteiger partial charge in [-0.1, -0.05) is 6.07 Å². The zero-order valence-electron chi connectivity index (χ0n) is 28.6. The number of hydrogen-bond acceptors (Lipinski definition) is 9. The van der Waals surface area contributed by atoms with Crippen molar-refractivity contribution in [1.82, 2.24) is 19.9 Å². The molecule has 0 saturated carbocycles. The zero-order valence-corrected chi connectivity index (χ0v) is 28.6. The molecule has 4 heterocycles. The molecule has 5 aromatic rings. The van der Waals surface area contributed by atoms with Gasteiger partial charge in [-0.3, -0.25) is 0 Å². The number of carbonyl (C=O) groups is 1. The number of alkyl carbamates (subject to hydrolysis) is 1. The lowest BCUT2D eigenvalue weighted by atomic mass is 10.1. The fraction of sp³-hybridized carbons (Fsp3) is 0.324. The Bertz CT molecular complexity index is 1990. The van der Waals surface area contributed by atoms with Crippen LogP contribution in [-0.4, -0.2) is 64.7 Å². The standard InChI is InChI=1S/C37H40F2N6O5/c1-37(2,3)50-36(47)41-23-8-7-15-44(20-23)24-12-14-32(40-18-24)43-29-17-28(33-26(38)9-6-10-27(33)39)42-30-21-45(35(46)34(29)30)19-22-11-13-25(48-4)16-31(22)49-5/h6,9-14,16-18,21,23,46H,7-8,15,19-20H2,1-5H3,(H,40,43)(H,41,47). The molecule has 1 saturated heterocycles. The SMILES string of the molecule is COc1ccc(Cn2cc3nc(-c4c(F)cccc4F)cc(Nc4ccc(N5CCCC(NC(=O)OC(C)(C)C)C5)cn4)c3c2O)c(OC)c1. The summed E-state index contributed by atoms with van der Waals surface area (Å²) >= 11 is 0. The second kappa shape index (κ2) is 14.1. The number of aromatic nitrogens is 3. The zero-order chi connectivity index (χ0) is 35.6. The number of rotatable bonds is 9. The third kappa shape index (κ3) is 7.51. The summed E-state index contributed by atoms with van der Waals surface area (Å²) in [4.78, 5) is 23.7. The minimum Gasteiger partial charge on any atom is -0.497 e.